The normalized spacial score (nSPS) is 10.3. The number of hydrogen-bond acceptors (Lipinski definition) is 3. The molecule has 2 aromatic rings. The molecule has 0 spiro atoms. The van der Waals surface area contributed by atoms with Crippen LogP contribution in [0, 0.1) is 5.82 Å². The molecule has 0 aliphatic heterocycles. The Bertz CT molecular complexity index is 584. The van der Waals surface area contributed by atoms with Gasteiger partial charge in [-0.1, -0.05) is 24.3 Å². The van der Waals surface area contributed by atoms with Crippen molar-refractivity contribution >= 4 is 0 Å². The van der Waals surface area contributed by atoms with Gasteiger partial charge in [-0.3, -0.25) is 0 Å². The van der Waals surface area contributed by atoms with Gasteiger partial charge >= 0.3 is 0 Å². The Hall–Kier alpha value is -2.07. The van der Waals surface area contributed by atoms with E-state index in [0.29, 0.717) is 17.1 Å². The van der Waals surface area contributed by atoms with Crippen LogP contribution in [0.3, 0.4) is 0 Å². The van der Waals surface area contributed by atoms with E-state index in [9.17, 15) is 4.39 Å². The average Bonchev–Trinajstić information content (AvgIpc) is 2.46. The number of para-hydroxylation sites is 1. The molecule has 0 heterocycles. The Morgan fingerprint density at radius 3 is 2.47 bits per heavy atom. The van der Waals surface area contributed by atoms with Gasteiger partial charge in [0.2, 0.25) is 0 Å². The zero-order valence-corrected chi connectivity index (χ0v) is 10.9. The third-order valence-electron chi connectivity index (χ3n) is 2.99. The molecule has 2 aromatic carbocycles. The fourth-order valence-corrected chi connectivity index (χ4v) is 1.99. The molecular formula is C15H16FNO2. The number of benzene rings is 2. The van der Waals surface area contributed by atoms with Gasteiger partial charge in [0.25, 0.3) is 0 Å². The van der Waals surface area contributed by atoms with E-state index in [1.807, 2.05) is 18.2 Å². The minimum atomic E-state index is -0.315. The molecule has 0 saturated carbocycles. The molecule has 0 saturated heterocycles. The highest BCUT2D eigenvalue weighted by atomic mass is 19.1. The number of methoxy groups -OCH3 is 2. The van der Waals surface area contributed by atoms with Crippen LogP contribution in [-0.2, 0) is 6.54 Å². The highest BCUT2D eigenvalue weighted by Gasteiger charge is 2.12. The lowest BCUT2D eigenvalue weighted by molar-refractivity contribution is 0.356. The molecule has 0 fully saturated rings. The van der Waals surface area contributed by atoms with Gasteiger partial charge in [-0.25, -0.2) is 4.39 Å². The molecule has 100 valence electrons. The molecule has 0 bridgehead atoms. The summed E-state index contributed by atoms with van der Waals surface area (Å²) in [6.45, 7) is 0.182. The lowest BCUT2D eigenvalue weighted by Gasteiger charge is -2.13. The van der Waals surface area contributed by atoms with E-state index in [2.05, 4.69) is 0 Å². The molecule has 0 atom stereocenters. The predicted octanol–water partition coefficient (Wildman–Crippen LogP) is 2.97. The fourth-order valence-electron chi connectivity index (χ4n) is 1.99. The van der Waals surface area contributed by atoms with Gasteiger partial charge in [-0.05, 0) is 17.7 Å². The maximum atomic E-state index is 13.8. The number of nitrogens with two attached hydrogens (primary N) is 1. The first kappa shape index (κ1) is 13.4. The van der Waals surface area contributed by atoms with Crippen molar-refractivity contribution in [3.63, 3.8) is 0 Å². The minimum absolute atomic E-state index is 0.182. The summed E-state index contributed by atoms with van der Waals surface area (Å²) in [5.41, 5.74) is 7.46. The van der Waals surface area contributed by atoms with E-state index in [4.69, 9.17) is 15.2 Å². The van der Waals surface area contributed by atoms with Crippen molar-refractivity contribution in [1.82, 2.24) is 0 Å². The van der Waals surface area contributed by atoms with Crippen molar-refractivity contribution in [1.29, 1.82) is 0 Å². The molecule has 0 amide bonds. The van der Waals surface area contributed by atoms with Crippen LogP contribution in [0.1, 0.15) is 5.56 Å². The molecule has 4 heteroatoms. The van der Waals surface area contributed by atoms with Crippen LogP contribution < -0.4 is 15.2 Å². The number of ether oxygens (including phenoxy) is 2. The van der Waals surface area contributed by atoms with E-state index in [1.54, 1.807) is 26.4 Å². The van der Waals surface area contributed by atoms with Crippen molar-refractivity contribution in [2.24, 2.45) is 5.73 Å². The molecule has 2 rings (SSSR count). The quantitative estimate of drug-likeness (QED) is 0.920. The van der Waals surface area contributed by atoms with Gasteiger partial charge in [0, 0.05) is 17.7 Å². The zero-order valence-electron chi connectivity index (χ0n) is 10.9. The number of hydrogen-bond donors (Lipinski definition) is 1. The van der Waals surface area contributed by atoms with E-state index in [-0.39, 0.29) is 12.4 Å². The van der Waals surface area contributed by atoms with Crippen molar-refractivity contribution in [3.8, 4) is 22.6 Å². The van der Waals surface area contributed by atoms with Crippen LogP contribution in [0.4, 0.5) is 4.39 Å². The first-order chi connectivity index (χ1) is 9.21. The van der Waals surface area contributed by atoms with E-state index in [0.717, 1.165) is 11.1 Å². The Kier molecular flexibility index (Phi) is 4.02. The summed E-state index contributed by atoms with van der Waals surface area (Å²) in [6, 6.07) is 10.5. The topological polar surface area (TPSA) is 44.5 Å². The summed E-state index contributed by atoms with van der Waals surface area (Å²) in [7, 11) is 3.13. The van der Waals surface area contributed by atoms with Crippen LogP contribution in [0.2, 0.25) is 0 Å². The monoisotopic (exact) mass is 261 g/mol. The standard InChI is InChI=1S/C15H16FNO2/c1-18-14-5-3-4-12(15(14)19-2)10-6-7-11(9-17)13(16)8-10/h3-8H,9,17H2,1-2H3. The predicted molar refractivity (Wildman–Crippen MR) is 72.8 cm³/mol. The highest BCUT2D eigenvalue weighted by Crippen LogP contribution is 2.38. The Balaban J connectivity index is 2.55. The van der Waals surface area contributed by atoms with Crippen molar-refractivity contribution in [2.45, 2.75) is 6.54 Å². The van der Waals surface area contributed by atoms with Crippen LogP contribution in [0.25, 0.3) is 11.1 Å². The number of rotatable bonds is 4. The van der Waals surface area contributed by atoms with Gasteiger partial charge in [0.1, 0.15) is 5.82 Å². The second-order valence-corrected chi connectivity index (χ2v) is 4.05. The van der Waals surface area contributed by atoms with E-state index in [1.165, 1.54) is 6.07 Å². The first-order valence-electron chi connectivity index (χ1n) is 5.91. The lowest BCUT2D eigenvalue weighted by atomic mass is 10.0. The maximum absolute atomic E-state index is 13.8. The molecule has 0 radical (unpaired) electrons. The second-order valence-electron chi connectivity index (χ2n) is 4.05. The summed E-state index contributed by atoms with van der Waals surface area (Å²) in [6.07, 6.45) is 0. The third-order valence-corrected chi connectivity index (χ3v) is 2.99. The van der Waals surface area contributed by atoms with Crippen LogP contribution >= 0.6 is 0 Å². The largest absolute Gasteiger partial charge is 0.493 e. The second kappa shape index (κ2) is 5.71. The summed E-state index contributed by atoms with van der Waals surface area (Å²) in [5, 5.41) is 0. The van der Waals surface area contributed by atoms with Gasteiger partial charge in [-0.15, -0.1) is 0 Å². The Morgan fingerprint density at radius 1 is 1.11 bits per heavy atom. The first-order valence-corrected chi connectivity index (χ1v) is 5.91. The van der Waals surface area contributed by atoms with Gasteiger partial charge in [0.05, 0.1) is 14.2 Å². The molecule has 3 nitrogen and oxygen atoms in total. The Labute approximate surface area is 111 Å². The van der Waals surface area contributed by atoms with Crippen molar-refractivity contribution in [2.75, 3.05) is 14.2 Å². The van der Waals surface area contributed by atoms with Gasteiger partial charge in [-0.2, -0.15) is 0 Å². The third kappa shape index (κ3) is 2.53. The maximum Gasteiger partial charge on any atom is 0.168 e. The smallest absolute Gasteiger partial charge is 0.168 e. The minimum Gasteiger partial charge on any atom is -0.493 e. The molecule has 2 N–H and O–H groups in total. The van der Waals surface area contributed by atoms with Crippen LogP contribution in [-0.4, -0.2) is 14.2 Å². The molecule has 0 unspecified atom stereocenters. The molecule has 19 heavy (non-hydrogen) atoms. The van der Waals surface area contributed by atoms with Crippen molar-refractivity contribution in [3.05, 3.63) is 47.8 Å². The highest BCUT2D eigenvalue weighted by molar-refractivity contribution is 5.74. The fraction of sp³-hybridized carbons (Fsp3) is 0.200. The lowest BCUT2D eigenvalue weighted by Crippen LogP contribution is -2.00. The summed E-state index contributed by atoms with van der Waals surface area (Å²) >= 11 is 0. The van der Waals surface area contributed by atoms with Crippen LogP contribution in [0.15, 0.2) is 36.4 Å². The summed E-state index contributed by atoms with van der Waals surface area (Å²) in [5.74, 6) is 0.887. The van der Waals surface area contributed by atoms with Crippen molar-refractivity contribution < 1.29 is 13.9 Å². The molecular weight excluding hydrogens is 245 g/mol. The summed E-state index contributed by atoms with van der Waals surface area (Å²) in [4.78, 5) is 0. The molecule has 0 aliphatic carbocycles. The zero-order chi connectivity index (χ0) is 13.8. The van der Waals surface area contributed by atoms with E-state index >= 15 is 0 Å². The summed E-state index contributed by atoms with van der Waals surface area (Å²) < 4.78 is 24.4. The van der Waals surface area contributed by atoms with E-state index < -0.39 is 0 Å². The number of halogens is 1. The molecule has 0 aliphatic rings. The van der Waals surface area contributed by atoms with Gasteiger partial charge < -0.3 is 15.2 Å². The molecule has 0 aromatic heterocycles. The SMILES string of the molecule is COc1cccc(-c2ccc(CN)c(F)c2)c1OC. The Morgan fingerprint density at radius 2 is 1.89 bits per heavy atom. The van der Waals surface area contributed by atoms with Gasteiger partial charge in [0.15, 0.2) is 11.5 Å². The van der Waals surface area contributed by atoms with Crippen LogP contribution in [0.5, 0.6) is 11.5 Å². The average molecular weight is 261 g/mol.